The third kappa shape index (κ3) is 4.81. The second-order valence-electron chi connectivity index (χ2n) is 0.319. The number of hydrogen-bond acceptors (Lipinski definition) is 3. The van der Waals surface area contributed by atoms with Crippen molar-refractivity contribution in [3.63, 3.8) is 0 Å². The average Bonchev–Trinajstić information content (AvgIpc) is 1.38. The molecule has 0 aliphatic heterocycles. The van der Waals surface area contributed by atoms with Gasteiger partial charge in [-0.25, -0.2) is 0 Å². The summed E-state index contributed by atoms with van der Waals surface area (Å²) in [6.45, 7) is 0. The molecule has 5 heteroatoms. The van der Waals surface area contributed by atoms with Crippen LogP contribution in [0.2, 0.25) is 0 Å². The van der Waals surface area contributed by atoms with Gasteiger partial charge in [-0.05, 0) is 22.4 Å². The smallest absolute Gasteiger partial charge is 0.0498 e. The van der Waals surface area contributed by atoms with Gasteiger partial charge in [0.2, 0.25) is 0 Å². The van der Waals surface area contributed by atoms with Gasteiger partial charge in [0, 0.05) is 20.6 Å². The maximum atomic E-state index is 4.39. The minimum absolute atomic E-state index is 0.992. The maximum Gasteiger partial charge on any atom is 0.0498 e. The highest BCUT2D eigenvalue weighted by molar-refractivity contribution is 8.46. The summed E-state index contributed by atoms with van der Waals surface area (Å²) in [5.41, 5.74) is 0. The predicted octanol–water partition coefficient (Wildman–Crippen LogP) is -0.0937. The Labute approximate surface area is 46.9 Å². The van der Waals surface area contributed by atoms with Crippen molar-refractivity contribution in [2.24, 2.45) is 3.77 Å². The molecule has 0 unspecified atom stereocenters. The molecule has 0 heterocycles. The first-order valence-corrected chi connectivity index (χ1v) is 4.43. The fourth-order valence-corrected chi connectivity index (χ4v) is 0. The molecule has 1 nitrogen and oxygen atoms in total. The molecule has 0 aliphatic rings. The van der Waals surface area contributed by atoms with Crippen molar-refractivity contribution in [3.8, 4) is 0 Å². The normalized spacial score (nSPS) is 8.20. The molecular weight excluding hydrogens is 142 g/mol. The highest BCUT2D eigenvalue weighted by Gasteiger charge is 1.47. The van der Waals surface area contributed by atoms with Crippen molar-refractivity contribution in [1.82, 2.24) is 0 Å². The van der Waals surface area contributed by atoms with Crippen molar-refractivity contribution >= 4 is 43.0 Å². The van der Waals surface area contributed by atoms with E-state index >= 15 is 0 Å². The quantitative estimate of drug-likeness (QED) is 0.515. The lowest BCUT2D eigenvalue weighted by molar-refractivity contribution is 2.13. The second kappa shape index (κ2) is 3.02. The third-order valence-electron chi connectivity index (χ3n) is 0.0667. The number of nitrogens with zero attached hydrogens (tertiary/aromatic N) is 1. The first-order chi connectivity index (χ1) is 2.27. The third-order valence-corrected chi connectivity index (χ3v) is 1.80. The zero-order valence-electron chi connectivity index (χ0n) is 2.12. The molecule has 0 atom stereocenters. The number of rotatable bonds is 1. The van der Waals surface area contributed by atoms with E-state index in [-0.39, 0.29) is 0 Å². The Morgan fingerprint density at radius 1 is 1.40 bits per heavy atom. The predicted molar refractivity (Wildman–Crippen MR) is 33.3 cm³/mol. The summed E-state index contributed by atoms with van der Waals surface area (Å²) < 4.78 is 3.17. The summed E-state index contributed by atoms with van der Waals surface area (Å²) in [5, 5.41) is 0. The SMILES string of the molecule is S=N[SH](=S)=S. The Morgan fingerprint density at radius 2 is 1.60 bits per heavy atom. The van der Waals surface area contributed by atoms with Gasteiger partial charge in [-0.1, -0.05) is 0 Å². The van der Waals surface area contributed by atoms with E-state index in [0.717, 1.165) is 0 Å². The molecule has 0 saturated carbocycles. The van der Waals surface area contributed by atoms with Crippen molar-refractivity contribution in [2.45, 2.75) is 0 Å². The Kier molecular flexibility index (Phi) is 3.51. The van der Waals surface area contributed by atoms with Crippen molar-refractivity contribution in [2.75, 3.05) is 0 Å². The lowest BCUT2D eigenvalue weighted by atomic mass is 13.9. The van der Waals surface area contributed by atoms with Crippen LogP contribution in [0.15, 0.2) is 3.77 Å². The minimum Gasteiger partial charge on any atom is -0.144 e. The van der Waals surface area contributed by atoms with Gasteiger partial charge in [0.05, 0.1) is 0 Å². The zero-order valence-corrected chi connectivity index (χ0v) is 5.46. The van der Waals surface area contributed by atoms with Crippen LogP contribution in [0.3, 0.4) is 0 Å². The fraction of sp³-hybridized carbons (Fsp3) is 0. The lowest BCUT2D eigenvalue weighted by Gasteiger charge is -1.55. The molecule has 0 N–H and O–H groups in total. The van der Waals surface area contributed by atoms with Gasteiger partial charge >= 0.3 is 0 Å². The molecule has 5 heavy (non-hydrogen) atoms. The molecule has 0 saturated heterocycles. The topological polar surface area (TPSA) is 12.4 Å². The van der Waals surface area contributed by atoms with Crippen LogP contribution in [-0.2, 0) is 43.0 Å². The number of thiol groups is 1. The van der Waals surface area contributed by atoms with Gasteiger partial charge in [-0.3, -0.25) is 0 Å². The van der Waals surface area contributed by atoms with Crippen LogP contribution in [-0.4, -0.2) is 0 Å². The fourth-order valence-electron chi connectivity index (χ4n) is 0. The molecule has 30 valence electrons. The highest BCUT2D eigenvalue weighted by atomic mass is 33.1. The molecule has 0 amide bonds. The van der Waals surface area contributed by atoms with Crippen molar-refractivity contribution in [1.29, 1.82) is 0 Å². The summed E-state index contributed by atoms with van der Waals surface area (Å²) in [7, 11) is -0.992. The maximum absolute atomic E-state index is 4.39. The summed E-state index contributed by atoms with van der Waals surface area (Å²) in [5.74, 6) is 0. The van der Waals surface area contributed by atoms with Crippen LogP contribution in [0.5, 0.6) is 0 Å². The molecule has 0 spiro atoms. The lowest BCUT2D eigenvalue weighted by Crippen LogP contribution is -1.46. The van der Waals surface area contributed by atoms with Crippen LogP contribution < -0.4 is 0 Å². The Morgan fingerprint density at radius 3 is 1.60 bits per heavy atom. The molecule has 0 aromatic heterocycles. The van der Waals surface area contributed by atoms with E-state index in [1.54, 1.807) is 0 Å². The zero-order chi connectivity index (χ0) is 4.28. The summed E-state index contributed by atoms with van der Waals surface area (Å²) in [4.78, 5) is 0. The molecule has 0 fully saturated rings. The van der Waals surface area contributed by atoms with Crippen molar-refractivity contribution in [3.05, 3.63) is 0 Å². The highest BCUT2D eigenvalue weighted by Crippen LogP contribution is 1.57. The first kappa shape index (κ1) is 5.81. The van der Waals surface area contributed by atoms with E-state index in [2.05, 4.69) is 38.6 Å². The van der Waals surface area contributed by atoms with Gasteiger partial charge in [0.25, 0.3) is 0 Å². The first-order valence-electron chi connectivity index (χ1n) is 0.748. The molecule has 0 aromatic rings. The number of hydrogen-bond donors (Lipinski definition) is 1. The molecule has 0 radical (unpaired) electrons. The standard InChI is InChI=1S/HNS4/c2-1-5(3)4/h5H. The van der Waals surface area contributed by atoms with Crippen LogP contribution >= 0.6 is 0 Å². The molecule has 0 bridgehead atoms. The summed E-state index contributed by atoms with van der Waals surface area (Å²) in [6, 6.07) is 0. The van der Waals surface area contributed by atoms with E-state index in [4.69, 9.17) is 0 Å². The molecular formula is HNS4. The van der Waals surface area contributed by atoms with Crippen LogP contribution in [0.1, 0.15) is 0 Å². The Balaban J connectivity index is 3.69. The Bertz CT molecular complexity index is 79.8. The Hall–Kier alpha value is 0.810. The largest absolute Gasteiger partial charge is 0.144 e. The second-order valence-corrected chi connectivity index (χ2v) is 4.22. The monoisotopic (exact) mass is 143 g/mol. The van der Waals surface area contributed by atoms with E-state index in [9.17, 15) is 0 Å². The molecule has 0 rings (SSSR count). The van der Waals surface area contributed by atoms with E-state index in [0.29, 0.717) is 0 Å². The van der Waals surface area contributed by atoms with Gasteiger partial charge in [-0.15, -0.1) is 3.77 Å². The molecule has 0 aliphatic carbocycles. The van der Waals surface area contributed by atoms with Crippen LogP contribution in [0.25, 0.3) is 0 Å². The summed E-state index contributed by atoms with van der Waals surface area (Å²) in [6.07, 6.45) is 0. The van der Waals surface area contributed by atoms with Crippen molar-refractivity contribution < 1.29 is 0 Å². The van der Waals surface area contributed by atoms with E-state index in [1.807, 2.05) is 0 Å². The van der Waals surface area contributed by atoms with Crippen LogP contribution in [0, 0.1) is 0 Å². The van der Waals surface area contributed by atoms with Gasteiger partial charge in [0.15, 0.2) is 0 Å². The van der Waals surface area contributed by atoms with Crippen LogP contribution in [0.4, 0.5) is 0 Å². The van der Waals surface area contributed by atoms with Gasteiger partial charge in [-0.2, -0.15) is 0 Å². The average molecular weight is 143 g/mol. The van der Waals surface area contributed by atoms with E-state index in [1.165, 1.54) is 0 Å². The van der Waals surface area contributed by atoms with Gasteiger partial charge < -0.3 is 0 Å². The van der Waals surface area contributed by atoms with Gasteiger partial charge in [0.1, 0.15) is 0 Å². The summed E-state index contributed by atoms with van der Waals surface area (Å²) >= 11 is 12.9. The molecule has 0 aromatic carbocycles. The minimum atomic E-state index is -0.992. The van der Waals surface area contributed by atoms with E-state index < -0.39 is 8.20 Å².